The summed E-state index contributed by atoms with van der Waals surface area (Å²) in [6, 6.07) is 12.9. The molecule has 2 N–H and O–H groups in total. The van der Waals surface area contributed by atoms with E-state index in [-0.39, 0.29) is 27.9 Å². The van der Waals surface area contributed by atoms with Gasteiger partial charge in [0.15, 0.2) is 5.11 Å². The quantitative estimate of drug-likeness (QED) is 0.320. The molecule has 34 heavy (non-hydrogen) atoms. The summed E-state index contributed by atoms with van der Waals surface area (Å²) in [5, 5.41) is 11.1. The zero-order chi connectivity index (χ0) is 24.6. The third-order valence-corrected chi connectivity index (χ3v) is 5.13. The van der Waals surface area contributed by atoms with Gasteiger partial charge in [0.2, 0.25) is 0 Å². The molecule has 2 amide bonds. The van der Waals surface area contributed by atoms with E-state index in [4.69, 9.17) is 21.7 Å². The lowest BCUT2D eigenvalue weighted by molar-refractivity contribution is -0.137. The van der Waals surface area contributed by atoms with E-state index in [1.54, 1.807) is 6.07 Å². The summed E-state index contributed by atoms with van der Waals surface area (Å²) in [5.74, 6) is -2.52. The Morgan fingerprint density at radius 2 is 1.79 bits per heavy atom. The molecule has 7 nitrogen and oxygen atoms in total. The fraction of sp³-hybridized carbons (Fsp3) is 0.0435. The molecule has 172 valence electrons. The van der Waals surface area contributed by atoms with Gasteiger partial charge < -0.3 is 9.52 Å². The van der Waals surface area contributed by atoms with Crippen molar-refractivity contribution in [2.24, 2.45) is 0 Å². The molecular formula is C23H13F3N2O5S. The topological polar surface area (TPSA) is 99.9 Å². The molecule has 0 bridgehead atoms. The van der Waals surface area contributed by atoms with Crippen molar-refractivity contribution in [2.45, 2.75) is 6.18 Å². The minimum atomic E-state index is -4.64. The Kier molecular flexibility index (Phi) is 5.80. The van der Waals surface area contributed by atoms with Gasteiger partial charge in [-0.25, -0.2) is 4.79 Å². The van der Waals surface area contributed by atoms with Gasteiger partial charge in [-0.3, -0.25) is 19.8 Å². The first kappa shape index (κ1) is 22.9. The molecule has 1 aliphatic heterocycles. The highest BCUT2D eigenvalue weighted by molar-refractivity contribution is 7.80. The Balaban J connectivity index is 1.67. The number of nitrogens with zero attached hydrogens (tertiary/aromatic N) is 1. The number of aromatic carboxylic acids is 1. The number of thiocarbonyl (C=S) groups is 1. The number of carboxylic acids is 1. The van der Waals surface area contributed by atoms with Crippen LogP contribution >= 0.6 is 12.2 Å². The summed E-state index contributed by atoms with van der Waals surface area (Å²) >= 11 is 5.01. The van der Waals surface area contributed by atoms with Crippen LogP contribution in [0.15, 0.2) is 70.7 Å². The van der Waals surface area contributed by atoms with E-state index >= 15 is 0 Å². The average Bonchev–Trinajstić information content (AvgIpc) is 3.25. The number of alkyl halides is 3. The number of carbonyl (C=O) groups excluding carboxylic acids is 2. The minimum Gasteiger partial charge on any atom is -0.478 e. The van der Waals surface area contributed by atoms with Gasteiger partial charge in [0.05, 0.1) is 16.8 Å². The first-order chi connectivity index (χ1) is 16.0. The first-order valence-corrected chi connectivity index (χ1v) is 9.98. The number of carbonyl (C=O) groups is 3. The number of nitrogens with one attached hydrogen (secondary N) is 1. The van der Waals surface area contributed by atoms with Crippen LogP contribution in [0.4, 0.5) is 18.9 Å². The van der Waals surface area contributed by atoms with Crippen molar-refractivity contribution in [1.82, 2.24) is 5.32 Å². The molecule has 4 rings (SSSR count). The molecule has 1 fully saturated rings. The molecular weight excluding hydrogens is 473 g/mol. The van der Waals surface area contributed by atoms with Crippen molar-refractivity contribution in [3.8, 4) is 11.3 Å². The van der Waals surface area contributed by atoms with Crippen LogP contribution in [-0.4, -0.2) is 28.0 Å². The second-order valence-corrected chi connectivity index (χ2v) is 7.48. The molecule has 0 unspecified atom stereocenters. The minimum absolute atomic E-state index is 0.0425. The number of halogens is 3. The molecule has 11 heteroatoms. The third kappa shape index (κ3) is 4.46. The van der Waals surface area contributed by atoms with Gasteiger partial charge in [0.1, 0.15) is 17.1 Å². The van der Waals surface area contributed by atoms with Gasteiger partial charge in [0.25, 0.3) is 11.8 Å². The summed E-state index contributed by atoms with van der Waals surface area (Å²) in [7, 11) is 0. The average molecular weight is 486 g/mol. The van der Waals surface area contributed by atoms with Crippen LogP contribution in [0.1, 0.15) is 21.7 Å². The molecule has 0 aliphatic carbocycles. The fourth-order valence-corrected chi connectivity index (χ4v) is 3.53. The smallest absolute Gasteiger partial charge is 0.416 e. The van der Waals surface area contributed by atoms with Gasteiger partial charge in [-0.1, -0.05) is 18.2 Å². The van der Waals surface area contributed by atoms with Crippen molar-refractivity contribution in [1.29, 1.82) is 0 Å². The maximum Gasteiger partial charge on any atom is 0.416 e. The zero-order valence-electron chi connectivity index (χ0n) is 16.9. The summed E-state index contributed by atoms with van der Waals surface area (Å²) < 4.78 is 44.9. The van der Waals surface area contributed by atoms with E-state index in [0.717, 1.165) is 29.2 Å². The molecule has 2 aromatic carbocycles. The Morgan fingerprint density at radius 1 is 1.06 bits per heavy atom. The monoisotopic (exact) mass is 486 g/mol. The van der Waals surface area contributed by atoms with Crippen molar-refractivity contribution in [2.75, 3.05) is 4.90 Å². The molecule has 0 radical (unpaired) electrons. The highest BCUT2D eigenvalue weighted by atomic mass is 32.1. The van der Waals surface area contributed by atoms with Gasteiger partial charge in [-0.2, -0.15) is 13.2 Å². The predicted molar refractivity (Wildman–Crippen MR) is 119 cm³/mol. The van der Waals surface area contributed by atoms with Gasteiger partial charge >= 0.3 is 12.1 Å². The Bertz CT molecular complexity index is 1380. The summed E-state index contributed by atoms with van der Waals surface area (Å²) in [6.45, 7) is 0. The predicted octanol–water partition coefficient (Wildman–Crippen LogP) is 4.49. The van der Waals surface area contributed by atoms with Gasteiger partial charge in [0, 0.05) is 5.56 Å². The van der Waals surface area contributed by atoms with Gasteiger partial charge in [-0.05, 0) is 60.8 Å². The number of furan rings is 1. The number of hydrogen-bond acceptors (Lipinski definition) is 5. The molecule has 3 aromatic rings. The van der Waals surface area contributed by atoms with E-state index in [9.17, 15) is 27.6 Å². The summed E-state index contributed by atoms with van der Waals surface area (Å²) in [4.78, 5) is 37.4. The number of anilines is 1. The molecule has 1 aromatic heterocycles. The number of carboxylic acid groups (broad SMARTS) is 1. The third-order valence-electron chi connectivity index (χ3n) is 4.84. The van der Waals surface area contributed by atoms with Crippen LogP contribution in [0.3, 0.4) is 0 Å². The van der Waals surface area contributed by atoms with E-state index in [2.05, 4.69) is 5.32 Å². The molecule has 0 spiro atoms. The lowest BCUT2D eigenvalue weighted by Gasteiger charge is -2.29. The Morgan fingerprint density at radius 3 is 2.50 bits per heavy atom. The van der Waals surface area contributed by atoms with Crippen LogP contribution in [0, 0.1) is 0 Å². The number of amides is 2. The first-order valence-electron chi connectivity index (χ1n) is 9.57. The number of rotatable bonds is 4. The molecule has 0 atom stereocenters. The van der Waals surface area contributed by atoms with Gasteiger partial charge in [-0.15, -0.1) is 0 Å². The Hall–Kier alpha value is -4.25. The van der Waals surface area contributed by atoms with E-state index in [1.807, 2.05) is 0 Å². The van der Waals surface area contributed by atoms with E-state index in [0.29, 0.717) is 5.56 Å². The van der Waals surface area contributed by atoms with Crippen molar-refractivity contribution >= 4 is 46.9 Å². The SMILES string of the molecule is O=C1NC(=S)N(c2cccc(C(F)(F)F)c2)C(=O)/C1=C\c1ccc(-c2cccc(C(=O)O)c2)o1. The van der Waals surface area contributed by atoms with Crippen LogP contribution in [-0.2, 0) is 15.8 Å². The van der Waals surface area contributed by atoms with Crippen LogP contribution in [0.2, 0.25) is 0 Å². The number of benzene rings is 2. The van der Waals surface area contributed by atoms with E-state index < -0.39 is 35.1 Å². The Labute approximate surface area is 195 Å². The molecule has 1 saturated heterocycles. The second-order valence-electron chi connectivity index (χ2n) is 7.09. The van der Waals surface area contributed by atoms with Crippen molar-refractivity contribution in [3.05, 3.63) is 83.1 Å². The van der Waals surface area contributed by atoms with Crippen LogP contribution in [0.25, 0.3) is 17.4 Å². The summed E-state index contributed by atoms with van der Waals surface area (Å²) in [5.41, 5.74) is -1.06. The molecule has 2 heterocycles. The van der Waals surface area contributed by atoms with Crippen molar-refractivity contribution < 1.29 is 37.1 Å². The normalized spacial score (nSPS) is 15.6. The standard InChI is InChI=1S/C23H13F3N2O5S/c24-23(25,26)14-5-2-6-15(10-14)28-20(30)17(19(29)27-22(28)34)11-16-7-8-18(33-16)12-3-1-4-13(9-12)21(31)32/h1-11H,(H,31,32)(H,27,29,34)/b17-11-. The number of hydrogen-bond donors (Lipinski definition) is 2. The molecule has 0 saturated carbocycles. The highest BCUT2D eigenvalue weighted by Crippen LogP contribution is 2.33. The van der Waals surface area contributed by atoms with Crippen molar-refractivity contribution in [3.63, 3.8) is 0 Å². The zero-order valence-corrected chi connectivity index (χ0v) is 17.7. The highest BCUT2D eigenvalue weighted by Gasteiger charge is 2.36. The molecule has 1 aliphatic rings. The van der Waals surface area contributed by atoms with E-state index in [1.165, 1.54) is 36.4 Å². The fourth-order valence-electron chi connectivity index (χ4n) is 3.25. The lowest BCUT2D eigenvalue weighted by Crippen LogP contribution is -2.54. The van der Waals surface area contributed by atoms with Crippen LogP contribution in [0.5, 0.6) is 0 Å². The van der Waals surface area contributed by atoms with Crippen LogP contribution < -0.4 is 10.2 Å². The summed E-state index contributed by atoms with van der Waals surface area (Å²) in [6.07, 6.45) is -3.51. The lowest BCUT2D eigenvalue weighted by atomic mass is 10.1. The maximum absolute atomic E-state index is 13.1. The maximum atomic E-state index is 13.1. The second kappa shape index (κ2) is 8.60. The largest absolute Gasteiger partial charge is 0.478 e.